The van der Waals surface area contributed by atoms with Gasteiger partial charge in [-0.15, -0.1) is 0 Å². The lowest BCUT2D eigenvalue weighted by atomic mass is 9.85. The number of rotatable bonds is 3. The molecule has 2 nitrogen and oxygen atoms in total. The standard InChI is InChI=1S/C48H28O2/c1-2-15-33-29(11-1)12-10-21-34(33)30-13-9-14-31(27-30)45-36-17-3-5-19-38(36)46(39-20-6-4-18-37(39)45)32-23-26-44-42(28-32)41-25-24-40-35-16-7-8-22-43(35)49-47(40)48(41)50-44/h1-28H. The highest BCUT2D eigenvalue weighted by atomic mass is 16.4. The highest BCUT2D eigenvalue weighted by molar-refractivity contribution is 6.23. The normalized spacial score (nSPS) is 12.0. The Morgan fingerprint density at radius 1 is 0.280 bits per heavy atom. The molecule has 0 spiro atoms. The molecule has 9 aromatic carbocycles. The minimum Gasteiger partial charge on any atom is -0.452 e. The van der Waals surface area contributed by atoms with Gasteiger partial charge in [-0.25, -0.2) is 0 Å². The molecule has 0 fully saturated rings. The third kappa shape index (κ3) is 3.90. The smallest absolute Gasteiger partial charge is 0.178 e. The van der Waals surface area contributed by atoms with Gasteiger partial charge in [-0.05, 0) is 102 Å². The molecule has 0 N–H and O–H groups in total. The second-order valence-corrected chi connectivity index (χ2v) is 13.2. The number of furan rings is 2. The van der Waals surface area contributed by atoms with E-state index in [-0.39, 0.29) is 0 Å². The van der Waals surface area contributed by atoms with E-state index in [9.17, 15) is 0 Å². The molecule has 0 aliphatic heterocycles. The zero-order chi connectivity index (χ0) is 32.8. The van der Waals surface area contributed by atoms with Gasteiger partial charge in [0.05, 0.1) is 0 Å². The van der Waals surface area contributed by atoms with E-state index in [1.807, 2.05) is 18.2 Å². The van der Waals surface area contributed by atoms with E-state index in [4.69, 9.17) is 8.83 Å². The maximum Gasteiger partial charge on any atom is 0.178 e. The molecule has 50 heavy (non-hydrogen) atoms. The van der Waals surface area contributed by atoms with E-state index in [1.54, 1.807) is 0 Å². The quantitative estimate of drug-likeness (QED) is 0.180. The van der Waals surface area contributed by atoms with E-state index in [0.29, 0.717) is 0 Å². The Balaban J connectivity index is 1.15. The molecule has 0 aliphatic carbocycles. The zero-order valence-electron chi connectivity index (χ0n) is 27.0. The highest BCUT2D eigenvalue weighted by Gasteiger charge is 2.20. The molecule has 2 heterocycles. The van der Waals surface area contributed by atoms with Gasteiger partial charge < -0.3 is 8.83 Å². The summed E-state index contributed by atoms with van der Waals surface area (Å²) < 4.78 is 12.9. The number of hydrogen-bond donors (Lipinski definition) is 0. The predicted octanol–water partition coefficient (Wildman–Crippen LogP) is 13.9. The van der Waals surface area contributed by atoms with Crippen molar-refractivity contribution in [3.05, 3.63) is 170 Å². The molecule has 0 saturated carbocycles. The Morgan fingerprint density at radius 3 is 1.48 bits per heavy atom. The first-order valence-electron chi connectivity index (χ1n) is 17.1. The SMILES string of the molecule is c1cc(-c2cccc3ccccc23)cc(-c2c3ccccc3c(-c3ccc4oc5c(ccc6c7ccccc7oc65)c4c3)c3ccccc23)c1. The van der Waals surface area contributed by atoms with Crippen LogP contribution in [0.1, 0.15) is 0 Å². The van der Waals surface area contributed by atoms with Gasteiger partial charge in [-0.2, -0.15) is 0 Å². The Bertz CT molecular complexity index is 3090. The summed E-state index contributed by atoms with van der Waals surface area (Å²) >= 11 is 0. The van der Waals surface area contributed by atoms with E-state index < -0.39 is 0 Å². The Morgan fingerprint density at radius 2 is 0.780 bits per heavy atom. The van der Waals surface area contributed by atoms with Gasteiger partial charge in [-0.3, -0.25) is 0 Å². The molecule has 2 aromatic heterocycles. The second kappa shape index (κ2) is 10.4. The summed E-state index contributed by atoms with van der Waals surface area (Å²) in [5.41, 5.74) is 10.6. The van der Waals surface area contributed by atoms with Crippen molar-refractivity contribution in [2.45, 2.75) is 0 Å². The van der Waals surface area contributed by atoms with Crippen LogP contribution < -0.4 is 0 Å². The largest absolute Gasteiger partial charge is 0.452 e. The zero-order valence-corrected chi connectivity index (χ0v) is 27.0. The first-order valence-corrected chi connectivity index (χ1v) is 17.1. The van der Waals surface area contributed by atoms with Crippen LogP contribution >= 0.6 is 0 Å². The first-order chi connectivity index (χ1) is 24.8. The Hall–Kier alpha value is -6.64. The Labute approximate surface area is 287 Å². The summed E-state index contributed by atoms with van der Waals surface area (Å²) in [7, 11) is 0. The molecule has 0 bridgehead atoms. The van der Waals surface area contributed by atoms with Gasteiger partial charge in [0.15, 0.2) is 11.2 Å². The molecule has 0 amide bonds. The van der Waals surface area contributed by atoms with Crippen LogP contribution in [0.5, 0.6) is 0 Å². The molecule has 0 radical (unpaired) electrons. The van der Waals surface area contributed by atoms with Crippen molar-refractivity contribution in [2.75, 3.05) is 0 Å². The maximum atomic E-state index is 6.52. The number of benzene rings is 9. The van der Waals surface area contributed by atoms with Crippen molar-refractivity contribution in [3.8, 4) is 33.4 Å². The maximum absolute atomic E-state index is 6.52. The van der Waals surface area contributed by atoms with Crippen molar-refractivity contribution in [1.29, 1.82) is 0 Å². The third-order valence-corrected chi connectivity index (χ3v) is 10.5. The van der Waals surface area contributed by atoms with Crippen molar-refractivity contribution in [2.24, 2.45) is 0 Å². The Kier molecular flexibility index (Phi) is 5.70. The fourth-order valence-corrected chi connectivity index (χ4v) is 8.24. The van der Waals surface area contributed by atoms with Gasteiger partial charge in [0, 0.05) is 21.5 Å². The predicted molar refractivity (Wildman–Crippen MR) is 210 cm³/mol. The number of para-hydroxylation sites is 1. The lowest BCUT2D eigenvalue weighted by molar-refractivity contribution is 0.633. The summed E-state index contributed by atoms with van der Waals surface area (Å²) in [6, 6.07) is 61.1. The summed E-state index contributed by atoms with van der Waals surface area (Å²) in [4.78, 5) is 0. The highest BCUT2D eigenvalue weighted by Crippen LogP contribution is 2.46. The fraction of sp³-hybridized carbons (Fsp3) is 0. The summed E-state index contributed by atoms with van der Waals surface area (Å²) in [6.45, 7) is 0. The van der Waals surface area contributed by atoms with Gasteiger partial charge in [0.25, 0.3) is 0 Å². The van der Waals surface area contributed by atoms with Gasteiger partial charge in [-0.1, -0.05) is 133 Å². The van der Waals surface area contributed by atoms with Crippen LogP contribution in [0.4, 0.5) is 0 Å². The van der Waals surface area contributed by atoms with Gasteiger partial charge in [0.2, 0.25) is 0 Å². The first kappa shape index (κ1) is 27.3. The van der Waals surface area contributed by atoms with Crippen LogP contribution in [0.2, 0.25) is 0 Å². The fourth-order valence-electron chi connectivity index (χ4n) is 8.24. The topological polar surface area (TPSA) is 26.3 Å². The van der Waals surface area contributed by atoms with Crippen molar-refractivity contribution < 1.29 is 8.83 Å². The van der Waals surface area contributed by atoms with E-state index in [1.165, 1.54) is 60.1 Å². The molecule has 232 valence electrons. The summed E-state index contributed by atoms with van der Waals surface area (Å²) in [5, 5.41) is 11.8. The van der Waals surface area contributed by atoms with Crippen LogP contribution in [0.25, 0.3) is 110 Å². The monoisotopic (exact) mass is 636 g/mol. The average molecular weight is 637 g/mol. The van der Waals surface area contributed by atoms with E-state index >= 15 is 0 Å². The molecular formula is C48H28O2. The van der Waals surface area contributed by atoms with Gasteiger partial charge in [0.1, 0.15) is 11.2 Å². The molecule has 0 unspecified atom stereocenters. The lowest BCUT2D eigenvalue weighted by Crippen LogP contribution is -1.91. The van der Waals surface area contributed by atoms with Gasteiger partial charge >= 0.3 is 0 Å². The molecular weight excluding hydrogens is 609 g/mol. The van der Waals surface area contributed by atoms with Crippen LogP contribution in [0, 0.1) is 0 Å². The summed E-state index contributed by atoms with van der Waals surface area (Å²) in [5.74, 6) is 0. The van der Waals surface area contributed by atoms with Crippen molar-refractivity contribution >= 4 is 76.2 Å². The van der Waals surface area contributed by atoms with Crippen LogP contribution in [0.15, 0.2) is 179 Å². The molecule has 2 heteroatoms. The average Bonchev–Trinajstić information content (AvgIpc) is 3.75. The lowest BCUT2D eigenvalue weighted by Gasteiger charge is -2.18. The summed E-state index contributed by atoms with van der Waals surface area (Å²) in [6.07, 6.45) is 0. The van der Waals surface area contributed by atoms with E-state index in [2.05, 4.69) is 152 Å². The number of hydrogen-bond acceptors (Lipinski definition) is 2. The molecule has 0 atom stereocenters. The second-order valence-electron chi connectivity index (χ2n) is 13.2. The molecule has 0 saturated heterocycles. The van der Waals surface area contributed by atoms with Crippen molar-refractivity contribution in [3.63, 3.8) is 0 Å². The molecule has 11 rings (SSSR count). The minimum absolute atomic E-state index is 0.794. The number of fused-ring (bicyclic) bond motifs is 10. The van der Waals surface area contributed by atoms with Crippen LogP contribution in [-0.2, 0) is 0 Å². The molecule has 0 aliphatic rings. The van der Waals surface area contributed by atoms with Crippen molar-refractivity contribution in [1.82, 2.24) is 0 Å². The van der Waals surface area contributed by atoms with E-state index in [0.717, 1.165) is 49.4 Å². The van der Waals surface area contributed by atoms with Crippen LogP contribution in [0.3, 0.4) is 0 Å². The van der Waals surface area contributed by atoms with Crippen LogP contribution in [-0.4, -0.2) is 0 Å². The molecule has 11 aromatic rings. The minimum atomic E-state index is 0.794. The third-order valence-electron chi connectivity index (χ3n) is 10.5.